The Bertz CT molecular complexity index is 670. The van der Waals surface area contributed by atoms with Crippen LogP contribution in [0.5, 0.6) is 0 Å². The summed E-state index contributed by atoms with van der Waals surface area (Å²) < 4.78 is 32.2. The van der Waals surface area contributed by atoms with Gasteiger partial charge in [-0.3, -0.25) is 0 Å². The molecular weight excluding hydrogens is 380 g/mol. The third-order valence-corrected chi connectivity index (χ3v) is 6.31. The number of rotatable bonds is 8. The van der Waals surface area contributed by atoms with Crippen molar-refractivity contribution in [3.05, 3.63) is 26.9 Å². The molecule has 7 nitrogen and oxygen atoms in total. The molecule has 116 valence electrons. The monoisotopic (exact) mass is 394 g/mol. The minimum Gasteiger partial charge on any atom is -0.343 e. The molecule has 10 heteroatoms. The number of aromatic nitrogens is 2. The molecular formula is C11H15BrN4O3S2. The van der Waals surface area contributed by atoms with E-state index in [1.165, 1.54) is 17.7 Å². The van der Waals surface area contributed by atoms with Crippen LogP contribution in [0.1, 0.15) is 17.6 Å². The van der Waals surface area contributed by atoms with Crippen LogP contribution in [-0.2, 0) is 23.0 Å². The Labute approximate surface area is 135 Å². The zero-order valence-electron chi connectivity index (χ0n) is 11.3. The summed E-state index contributed by atoms with van der Waals surface area (Å²) in [5, 5.41) is 6.79. The van der Waals surface area contributed by atoms with Gasteiger partial charge in [-0.25, -0.2) is 13.1 Å². The van der Waals surface area contributed by atoms with E-state index in [2.05, 4.69) is 40.6 Å². The molecule has 2 aromatic heterocycles. The topological polar surface area (TPSA) is 97.1 Å². The number of sulfonamides is 1. The normalized spacial score (nSPS) is 11.9. The number of nitrogens with one attached hydrogen (secondary N) is 2. The predicted molar refractivity (Wildman–Crippen MR) is 82.6 cm³/mol. The standard InChI is InChI=1S/C11H15BrN4O3S2/c1-2-13-6-8-5-9(11(12)20-8)21(17,18)15-4-3-10-14-7-19-16-10/h5,7,13,15H,2-4,6H2,1H3. The Kier molecular flexibility index (Phi) is 5.88. The first-order valence-corrected chi connectivity index (χ1v) is 9.36. The van der Waals surface area contributed by atoms with Crippen molar-refractivity contribution in [2.45, 2.75) is 24.8 Å². The zero-order chi connectivity index (χ0) is 15.3. The van der Waals surface area contributed by atoms with E-state index < -0.39 is 10.0 Å². The predicted octanol–water partition coefficient (Wildman–Crippen LogP) is 1.52. The molecule has 2 heterocycles. The molecule has 0 amide bonds. The molecule has 0 spiro atoms. The van der Waals surface area contributed by atoms with Gasteiger partial charge in [0.25, 0.3) is 0 Å². The van der Waals surface area contributed by atoms with Crippen molar-refractivity contribution in [2.24, 2.45) is 0 Å². The lowest BCUT2D eigenvalue weighted by Crippen LogP contribution is -2.26. The Morgan fingerprint density at radius 1 is 1.48 bits per heavy atom. The summed E-state index contributed by atoms with van der Waals surface area (Å²) in [6.07, 6.45) is 1.59. The summed E-state index contributed by atoms with van der Waals surface area (Å²) in [5.41, 5.74) is 0. The van der Waals surface area contributed by atoms with E-state index in [-0.39, 0.29) is 11.4 Å². The lowest BCUT2D eigenvalue weighted by molar-refractivity contribution is 0.410. The lowest BCUT2D eigenvalue weighted by atomic mass is 10.4. The van der Waals surface area contributed by atoms with Crippen LogP contribution in [0, 0.1) is 0 Å². The van der Waals surface area contributed by atoms with Crippen molar-refractivity contribution < 1.29 is 12.9 Å². The summed E-state index contributed by atoms with van der Waals surface area (Å²) in [5.74, 6) is 0.468. The summed E-state index contributed by atoms with van der Waals surface area (Å²) in [6, 6.07) is 1.67. The maximum Gasteiger partial charge on any atom is 0.242 e. The van der Waals surface area contributed by atoms with Crippen molar-refractivity contribution in [1.82, 2.24) is 20.2 Å². The first-order chi connectivity index (χ1) is 10.0. The van der Waals surface area contributed by atoms with Crippen LogP contribution in [0.15, 0.2) is 25.7 Å². The van der Waals surface area contributed by atoms with Crippen LogP contribution in [0.3, 0.4) is 0 Å². The Balaban J connectivity index is 1.99. The van der Waals surface area contributed by atoms with Gasteiger partial charge in [0.05, 0.1) is 3.79 Å². The zero-order valence-corrected chi connectivity index (χ0v) is 14.5. The van der Waals surface area contributed by atoms with Gasteiger partial charge in [0, 0.05) is 24.4 Å². The number of nitrogens with zero attached hydrogens (tertiary/aromatic N) is 2. The van der Waals surface area contributed by atoms with Crippen LogP contribution < -0.4 is 10.0 Å². The highest BCUT2D eigenvalue weighted by atomic mass is 79.9. The second-order valence-electron chi connectivity index (χ2n) is 4.13. The first kappa shape index (κ1) is 16.6. The van der Waals surface area contributed by atoms with Crippen molar-refractivity contribution in [1.29, 1.82) is 0 Å². The van der Waals surface area contributed by atoms with E-state index in [0.29, 0.717) is 22.6 Å². The summed E-state index contributed by atoms with van der Waals surface area (Å²) in [6.45, 7) is 3.70. The summed E-state index contributed by atoms with van der Waals surface area (Å²) in [7, 11) is -3.55. The third kappa shape index (κ3) is 4.58. The van der Waals surface area contributed by atoms with Crippen LogP contribution in [0.2, 0.25) is 0 Å². The molecule has 2 aromatic rings. The molecule has 21 heavy (non-hydrogen) atoms. The Hall–Kier alpha value is -0.810. The number of hydrogen-bond donors (Lipinski definition) is 2. The van der Waals surface area contributed by atoms with Gasteiger partial charge >= 0.3 is 0 Å². The van der Waals surface area contributed by atoms with Gasteiger partial charge in [-0.2, -0.15) is 4.98 Å². The summed E-state index contributed by atoms with van der Waals surface area (Å²) >= 11 is 4.72. The minimum absolute atomic E-state index is 0.215. The molecule has 0 saturated carbocycles. The Morgan fingerprint density at radius 2 is 2.29 bits per heavy atom. The quantitative estimate of drug-likeness (QED) is 0.704. The van der Waals surface area contributed by atoms with Crippen LogP contribution in [-0.4, -0.2) is 31.6 Å². The van der Waals surface area contributed by atoms with Gasteiger partial charge < -0.3 is 9.84 Å². The molecule has 0 unspecified atom stereocenters. The highest BCUT2D eigenvalue weighted by molar-refractivity contribution is 9.11. The van der Waals surface area contributed by atoms with Crippen LogP contribution >= 0.6 is 27.3 Å². The fourth-order valence-corrected chi connectivity index (χ4v) is 5.28. The maximum absolute atomic E-state index is 12.2. The number of halogens is 1. The van der Waals surface area contributed by atoms with Gasteiger partial charge in [0.15, 0.2) is 5.82 Å². The van der Waals surface area contributed by atoms with E-state index >= 15 is 0 Å². The number of thiophene rings is 1. The average Bonchev–Trinajstić information content (AvgIpc) is 3.06. The highest BCUT2D eigenvalue weighted by Crippen LogP contribution is 2.31. The first-order valence-electron chi connectivity index (χ1n) is 6.26. The molecule has 0 aromatic carbocycles. The average molecular weight is 395 g/mol. The van der Waals surface area contributed by atoms with E-state index in [0.717, 1.165) is 11.4 Å². The van der Waals surface area contributed by atoms with Crippen molar-refractivity contribution in [3.8, 4) is 0 Å². The molecule has 2 N–H and O–H groups in total. The molecule has 0 radical (unpaired) electrons. The van der Waals surface area contributed by atoms with Crippen molar-refractivity contribution in [3.63, 3.8) is 0 Å². The van der Waals surface area contributed by atoms with E-state index in [1.54, 1.807) is 6.07 Å². The van der Waals surface area contributed by atoms with Crippen molar-refractivity contribution in [2.75, 3.05) is 13.1 Å². The molecule has 0 bridgehead atoms. The van der Waals surface area contributed by atoms with Gasteiger partial charge in [-0.1, -0.05) is 12.1 Å². The smallest absolute Gasteiger partial charge is 0.242 e. The van der Waals surface area contributed by atoms with Gasteiger partial charge in [-0.15, -0.1) is 11.3 Å². The second-order valence-corrected chi connectivity index (χ2v) is 8.32. The van der Waals surface area contributed by atoms with E-state index in [9.17, 15) is 8.42 Å². The van der Waals surface area contributed by atoms with Gasteiger partial charge in [-0.05, 0) is 28.5 Å². The molecule has 0 aliphatic heterocycles. The van der Waals surface area contributed by atoms with Crippen LogP contribution in [0.4, 0.5) is 0 Å². The maximum atomic E-state index is 12.2. The molecule has 0 aliphatic rings. The van der Waals surface area contributed by atoms with E-state index in [1.807, 2.05) is 6.92 Å². The third-order valence-electron chi connectivity index (χ3n) is 2.59. The van der Waals surface area contributed by atoms with Gasteiger partial charge in [0.2, 0.25) is 16.4 Å². The molecule has 0 aliphatic carbocycles. The van der Waals surface area contributed by atoms with Crippen LogP contribution in [0.25, 0.3) is 0 Å². The minimum atomic E-state index is -3.55. The fourth-order valence-electron chi connectivity index (χ4n) is 1.59. The fraction of sp³-hybridized carbons (Fsp3) is 0.455. The molecule has 0 saturated heterocycles. The van der Waals surface area contributed by atoms with E-state index in [4.69, 9.17) is 0 Å². The van der Waals surface area contributed by atoms with Crippen molar-refractivity contribution >= 4 is 37.3 Å². The number of hydrogen-bond acceptors (Lipinski definition) is 7. The molecule has 2 rings (SSSR count). The molecule has 0 atom stereocenters. The largest absolute Gasteiger partial charge is 0.343 e. The molecule has 0 fully saturated rings. The Morgan fingerprint density at radius 3 is 2.95 bits per heavy atom. The lowest BCUT2D eigenvalue weighted by Gasteiger charge is -2.04. The second kappa shape index (κ2) is 7.45. The summed E-state index contributed by atoms with van der Waals surface area (Å²) in [4.78, 5) is 5.05. The highest BCUT2D eigenvalue weighted by Gasteiger charge is 2.20. The van der Waals surface area contributed by atoms with Gasteiger partial charge in [0.1, 0.15) is 4.90 Å². The SMILES string of the molecule is CCNCc1cc(S(=O)(=O)NCCc2ncon2)c(Br)s1.